The fourth-order valence-electron chi connectivity index (χ4n) is 3.78. The minimum absolute atomic E-state index is 0.136. The smallest absolute Gasteiger partial charge is 0.410 e. The molecule has 0 radical (unpaired) electrons. The van der Waals surface area contributed by atoms with Crippen molar-refractivity contribution in [2.75, 3.05) is 36.5 Å². The van der Waals surface area contributed by atoms with Crippen molar-refractivity contribution in [2.24, 2.45) is 0 Å². The SMILES string of the molecule is Cc1c(CN2CCSCC2)cccc1NC(=O)C1CCCN1C(=O)OC(C)(C)C. The Bertz CT molecular complexity index is 741. The van der Waals surface area contributed by atoms with Crippen molar-refractivity contribution in [2.45, 2.75) is 58.7 Å². The van der Waals surface area contributed by atoms with E-state index in [9.17, 15) is 9.59 Å². The summed E-state index contributed by atoms with van der Waals surface area (Å²) in [4.78, 5) is 29.5. The van der Waals surface area contributed by atoms with Crippen molar-refractivity contribution in [1.29, 1.82) is 0 Å². The Hall–Kier alpha value is -1.73. The quantitative estimate of drug-likeness (QED) is 0.802. The molecule has 1 atom stereocenters. The topological polar surface area (TPSA) is 61.9 Å². The van der Waals surface area contributed by atoms with E-state index in [-0.39, 0.29) is 5.91 Å². The number of amides is 2. The number of carbonyl (C=O) groups excluding carboxylic acids is 2. The number of benzene rings is 1. The number of nitrogens with one attached hydrogen (secondary N) is 1. The van der Waals surface area contributed by atoms with Crippen LogP contribution < -0.4 is 5.32 Å². The van der Waals surface area contributed by atoms with Crippen molar-refractivity contribution in [3.05, 3.63) is 29.3 Å². The van der Waals surface area contributed by atoms with E-state index in [4.69, 9.17) is 4.74 Å². The molecule has 1 aromatic rings. The predicted octanol–water partition coefficient (Wildman–Crippen LogP) is 3.88. The second-order valence-electron chi connectivity index (χ2n) is 8.80. The highest BCUT2D eigenvalue weighted by molar-refractivity contribution is 7.99. The first-order chi connectivity index (χ1) is 13.7. The van der Waals surface area contributed by atoms with Crippen molar-refractivity contribution < 1.29 is 14.3 Å². The first-order valence-corrected chi connectivity index (χ1v) is 11.6. The first kappa shape index (κ1) is 22.0. The van der Waals surface area contributed by atoms with Gasteiger partial charge in [-0.2, -0.15) is 11.8 Å². The lowest BCUT2D eigenvalue weighted by molar-refractivity contribution is -0.120. The Morgan fingerprint density at radius 2 is 1.93 bits per heavy atom. The van der Waals surface area contributed by atoms with Crippen LogP contribution in [-0.2, 0) is 16.1 Å². The maximum Gasteiger partial charge on any atom is 0.410 e. The summed E-state index contributed by atoms with van der Waals surface area (Å²) in [5.74, 6) is 2.22. The second kappa shape index (κ2) is 9.39. The van der Waals surface area contributed by atoms with E-state index >= 15 is 0 Å². The third-order valence-corrected chi connectivity index (χ3v) is 6.33. The number of hydrogen-bond acceptors (Lipinski definition) is 5. The van der Waals surface area contributed by atoms with Crippen LogP contribution in [0, 0.1) is 6.92 Å². The Kier molecular flexibility index (Phi) is 7.11. The van der Waals surface area contributed by atoms with Gasteiger partial charge in [0.2, 0.25) is 5.91 Å². The van der Waals surface area contributed by atoms with Crippen LogP contribution in [0.15, 0.2) is 18.2 Å². The molecule has 2 aliphatic heterocycles. The highest BCUT2D eigenvalue weighted by Gasteiger charge is 2.36. The number of rotatable bonds is 4. The molecule has 29 heavy (non-hydrogen) atoms. The van der Waals surface area contributed by atoms with Crippen LogP contribution in [0.5, 0.6) is 0 Å². The largest absolute Gasteiger partial charge is 0.444 e. The highest BCUT2D eigenvalue weighted by atomic mass is 32.2. The summed E-state index contributed by atoms with van der Waals surface area (Å²) in [6, 6.07) is 5.59. The summed E-state index contributed by atoms with van der Waals surface area (Å²) in [5.41, 5.74) is 2.60. The lowest BCUT2D eigenvalue weighted by Crippen LogP contribution is -2.45. The van der Waals surface area contributed by atoms with E-state index in [1.807, 2.05) is 44.7 Å². The molecule has 2 amide bonds. The zero-order valence-corrected chi connectivity index (χ0v) is 18.8. The summed E-state index contributed by atoms with van der Waals surface area (Å²) in [7, 11) is 0. The first-order valence-electron chi connectivity index (χ1n) is 10.4. The molecule has 6 nitrogen and oxygen atoms in total. The zero-order chi connectivity index (χ0) is 21.0. The number of hydrogen-bond donors (Lipinski definition) is 1. The van der Waals surface area contributed by atoms with Gasteiger partial charge in [0.1, 0.15) is 11.6 Å². The lowest BCUT2D eigenvalue weighted by atomic mass is 10.1. The molecule has 0 aliphatic carbocycles. The molecule has 1 unspecified atom stereocenters. The maximum absolute atomic E-state index is 13.0. The molecular formula is C22H33N3O3S. The average Bonchev–Trinajstić information content (AvgIpc) is 3.15. The Labute approximate surface area is 178 Å². The molecule has 1 aromatic carbocycles. The number of nitrogens with zero attached hydrogens (tertiary/aromatic N) is 2. The molecule has 3 rings (SSSR count). The fraction of sp³-hybridized carbons (Fsp3) is 0.636. The van der Waals surface area contributed by atoms with E-state index in [1.165, 1.54) is 17.1 Å². The number of anilines is 1. The predicted molar refractivity (Wildman–Crippen MR) is 118 cm³/mol. The standard InChI is InChI=1S/C22H33N3O3S/c1-16-17(15-24-11-13-29-14-12-24)7-5-8-18(16)23-20(26)19-9-6-10-25(19)21(27)28-22(2,3)4/h5,7-8,19H,6,9-15H2,1-4H3,(H,23,26). The molecule has 2 fully saturated rings. The molecule has 160 valence electrons. The summed E-state index contributed by atoms with van der Waals surface area (Å²) < 4.78 is 5.48. The molecule has 0 saturated carbocycles. The lowest BCUT2D eigenvalue weighted by Gasteiger charge is -2.28. The van der Waals surface area contributed by atoms with Crippen LogP contribution in [0.25, 0.3) is 0 Å². The van der Waals surface area contributed by atoms with Crippen molar-refractivity contribution in [1.82, 2.24) is 9.80 Å². The average molecular weight is 420 g/mol. The van der Waals surface area contributed by atoms with Gasteiger partial charge in [0.15, 0.2) is 0 Å². The van der Waals surface area contributed by atoms with Crippen LogP contribution in [0.4, 0.5) is 10.5 Å². The Morgan fingerprint density at radius 1 is 1.21 bits per heavy atom. The molecule has 0 bridgehead atoms. The van der Waals surface area contributed by atoms with E-state index in [2.05, 4.69) is 23.2 Å². The highest BCUT2D eigenvalue weighted by Crippen LogP contribution is 2.25. The number of carbonyl (C=O) groups is 2. The molecule has 7 heteroatoms. The van der Waals surface area contributed by atoms with E-state index in [0.717, 1.165) is 37.3 Å². The molecular weight excluding hydrogens is 386 g/mol. The van der Waals surface area contributed by atoms with Crippen LogP contribution in [0.1, 0.15) is 44.7 Å². The summed E-state index contributed by atoms with van der Waals surface area (Å²) in [6.07, 6.45) is 1.06. The van der Waals surface area contributed by atoms with Crippen molar-refractivity contribution in [3.8, 4) is 0 Å². The van der Waals surface area contributed by atoms with E-state index < -0.39 is 17.7 Å². The van der Waals surface area contributed by atoms with E-state index in [1.54, 1.807) is 4.90 Å². The molecule has 2 heterocycles. The van der Waals surface area contributed by atoms with Crippen molar-refractivity contribution >= 4 is 29.4 Å². The molecule has 2 aliphatic rings. The summed E-state index contributed by atoms with van der Waals surface area (Å²) >= 11 is 2.00. The monoisotopic (exact) mass is 419 g/mol. The normalized spacial score (nSPS) is 20.6. The van der Waals surface area contributed by atoms with Gasteiger partial charge in [-0.15, -0.1) is 0 Å². The fourth-order valence-corrected chi connectivity index (χ4v) is 4.76. The summed E-state index contributed by atoms with van der Waals surface area (Å²) in [5, 5.41) is 3.07. The van der Waals surface area contributed by atoms with Gasteiger partial charge in [0.25, 0.3) is 0 Å². The third-order valence-electron chi connectivity index (χ3n) is 5.38. The molecule has 0 spiro atoms. The second-order valence-corrected chi connectivity index (χ2v) is 10.0. The molecule has 1 N–H and O–H groups in total. The maximum atomic E-state index is 13.0. The van der Waals surface area contributed by atoms with Gasteiger partial charge in [0.05, 0.1) is 0 Å². The van der Waals surface area contributed by atoms with Gasteiger partial charge in [0, 0.05) is 43.4 Å². The van der Waals surface area contributed by atoms with Gasteiger partial charge in [-0.05, 0) is 57.7 Å². The van der Waals surface area contributed by atoms with Gasteiger partial charge in [-0.25, -0.2) is 4.79 Å². The number of likely N-dealkylation sites (tertiary alicyclic amines) is 1. The van der Waals surface area contributed by atoms with Gasteiger partial charge < -0.3 is 10.1 Å². The Balaban J connectivity index is 1.66. The minimum atomic E-state index is -0.571. The van der Waals surface area contributed by atoms with Crippen LogP contribution in [-0.4, -0.2) is 64.6 Å². The Morgan fingerprint density at radius 3 is 2.62 bits per heavy atom. The number of thioether (sulfide) groups is 1. The van der Waals surface area contributed by atoms with E-state index in [0.29, 0.717) is 13.0 Å². The summed E-state index contributed by atoms with van der Waals surface area (Å²) in [6.45, 7) is 11.2. The van der Waals surface area contributed by atoms with Crippen molar-refractivity contribution in [3.63, 3.8) is 0 Å². The van der Waals surface area contributed by atoms with Gasteiger partial charge >= 0.3 is 6.09 Å². The van der Waals surface area contributed by atoms with Gasteiger partial charge in [-0.3, -0.25) is 14.6 Å². The van der Waals surface area contributed by atoms with Crippen LogP contribution in [0.3, 0.4) is 0 Å². The van der Waals surface area contributed by atoms with Crippen LogP contribution >= 0.6 is 11.8 Å². The molecule has 0 aromatic heterocycles. The van der Waals surface area contributed by atoms with Gasteiger partial charge in [-0.1, -0.05) is 12.1 Å². The minimum Gasteiger partial charge on any atom is -0.444 e. The van der Waals surface area contributed by atoms with Crippen LogP contribution in [0.2, 0.25) is 0 Å². The zero-order valence-electron chi connectivity index (χ0n) is 18.0. The number of ether oxygens (including phenoxy) is 1. The molecule has 2 saturated heterocycles. The third kappa shape index (κ3) is 5.89.